The molecular formula is C17H25NO. The monoisotopic (exact) mass is 259 g/mol. The van der Waals surface area contributed by atoms with Gasteiger partial charge in [-0.25, -0.2) is 0 Å². The summed E-state index contributed by atoms with van der Waals surface area (Å²) in [5.41, 5.74) is 2.81. The van der Waals surface area contributed by atoms with Crippen LogP contribution in [0, 0.1) is 5.92 Å². The summed E-state index contributed by atoms with van der Waals surface area (Å²) in [7, 11) is 0. The fourth-order valence-electron chi connectivity index (χ4n) is 3.24. The Morgan fingerprint density at radius 1 is 1.37 bits per heavy atom. The molecule has 0 amide bonds. The second-order valence-corrected chi connectivity index (χ2v) is 6.72. The Balaban J connectivity index is 1.73. The molecule has 1 fully saturated rings. The summed E-state index contributed by atoms with van der Waals surface area (Å²) < 4.78 is 6.13. The number of benzene rings is 1. The lowest BCUT2D eigenvalue weighted by Crippen LogP contribution is -2.33. The van der Waals surface area contributed by atoms with Crippen molar-refractivity contribution < 1.29 is 4.74 Å². The zero-order chi connectivity index (χ0) is 13.3. The number of nitrogens with one attached hydrogen (secondary N) is 1. The predicted octanol–water partition coefficient (Wildman–Crippen LogP) is 3.33. The van der Waals surface area contributed by atoms with E-state index in [-0.39, 0.29) is 5.60 Å². The van der Waals surface area contributed by atoms with Gasteiger partial charge in [0.25, 0.3) is 0 Å². The Morgan fingerprint density at radius 3 is 3.05 bits per heavy atom. The highest BCUT2D eigenvalue weighted by atomic mass is 16.5. The van der Waals surface area contributed by atoms with E-state index in [2.05, 4.69) is 37.4 Å². The van der Waals surface area contributed by atoms with Crippen LogP contribution in [-0.2, 0) is 12.8 Å². The summed E-state index contributed by atoms with van der Waals surface area (Å²) in [4.78, 5) is 0. The number of hydrogen-bond acceptors (Lipinski definition) is 2. The largest absolute Gasteiger partial charge is 0.488 e. The van der Waals surface area contributed by atoms with E-state index >= 15 is 0 Å². The lowest BCUT2D eigenvalue weighted by Gasteiger charge is -2.33. The van der Waals surface area contributed by atoms with Crippen LogP contribution in [-0.4, -0.2) is 18.7 Å². The van der Waals surface area contributed by atoms with Gasteiger partial charge in [-0.3, -0.25) is 0 Å². The van der Waals surface area contributed by atoms with Crippen LogP contribution in [0.2, 0.25) is 0 Å². The standard InChI is InChI=1S/C17H25NO/c1-17(2)8-7-15-6-5-13(11-16(15)19-17)10-14-4-3-9-18-12-14/h5-6,11,14,18H,3-4,7-10,12H2,1-2H3. The predicted molar refractivity (Wildman–Crippen MR) is 78.8 cm³/mol. The van der Waals surface area contributed by atoms with E-state index in [9.17, 15) is 0 Å². The van der Waals surface area contributed by atoms with Crippen LogP contribution in [0.3, 0.4) is 0 Å². The van der Waals surface area contributed by atoms with Crippen molar-refractivity contribution in [3.05, 3.63) is 29.3 Å². The maximum Gasteiger partial charge on any atom is 0.123 e. The highest BCUT2D eigenvalue weighted by molar-refractivity contribution is 5.40. The third-order valence-electron chi connectivity index (χ3n) is 4.44. The zero-order valence-electron chi connectivity index (χ0n) is 12.2. The number of aryl methyl sites for hydroxylation is 1. The van der Waals surface area contributed by atoms with Crippen molar-refractivity contribution in [1.82, 2.24) is 5.32 Å². The van der Waals surface area contributed by atoms with Crippen molar-refractivity contribution in [2.24, 2.45) is 5.92 Å². The molecule has 0 radical (unpaired) electrons. The molecule has 0 bridgehead atoms. The summed E-state index contributed by atoms with van der Waals surface area (Å²) in [6.07, 6.45) is 6.12. The van der Waals surface area contributed by atoms with Gasteiger partial charge in [-0.2, -0.15) is 0 Å². The third-order valence-corrected chi connectivity index (χ3v) is 4.44. The van der Waals surface area contributed by atoms with Gasteiger partial charge in [0.05, 0.1) is 0 Å². The van der Waals surface area contributed by atoms with Crippen LogP contribution in [0.4, 0.5) is 0 Å². The topological polar surface area (TPSA) is 21.3 Å². The minimum Gasteiger partial charge on any atom is -0.488 e. The maximum absolute atomic E-state index is 6.13. The van der Waals surface area contributed by atoms with Gasteiger partial charge in [-0.05, 0) is 82.2 Å². The molecule has 1 atom stereocenters. The smallest absolute Gasteiger partial charge is 0.123 e. The molecule has 19 heavy (non-hydrogen) atoms. The van der Waals surface area contributed by atoms with E-state index in [0.29, 0.717) is 0 Å². The van der Waals surface area contributed by atoms with Crippen molar-refractivity contribution in [1.29, 1.82) is 0 Å². The van der Waals surface area contributed by atoms with Crippen LogP contribution >= 0.6 is 0 Å². The highest BCUT2D eigenvalue weighted by Crippen LogP contribution is 2.34. The second kappa shape index (κ2) is 5.16. The molecule has 2 heterocycles. The number of piperidine rings is 1. The summed E-state index contributed by atoms with van der Waals surface area (Å²) in [5.74, 6) is 1.92. The van der Waals surface area contributed by atoms with Crippen LogP contribution in [0.5, 0.6) is 5.75 Å². The van der Waals surface area contributed by atoms with Crippen molar-refractivity contribution in [2.75, 3.05) is 13.1 Å². The summed E-state index contributed by atoms with van der Waals surface area (Å²) in [6.45, 7) is 6.74. The van der Waals surface area contributed by atoms with Gasteiger partial charge in [0.1, 0.15) is 11.4 Å². The van der Waals surface area contributed by atoms with E-state index in [4.69, 9.17) is 4.74 Å². The average molecular weight is 259 g/mol. The molecule has 104 valence electrons. The zero-order valence-corrected chi connectivity index (χ0v) is 12.2. The molecule has 0 aliphatic carbocycles. The van der Waals surface area contributed by atoms with Gasteiger partial charge in [-0.15, -0.1) is 0 Å². The van der Waals surface area contributed by atoms with Crippen LogP contribution in [0.1, 0.15) is 44.2 Å². The number of fused-ring (bicyclic) bond motifs is 1. The maximum atomic E-state index is 6.13. The quantitative estimate of drug-likeness (QED) is 0.879. The van der Waals surface area contributed by atoms with Crippen molar-refractivity contribution in [3.63, 3.8) is 0 Å². The second-order valence-electron chi connectivity index (χ2n) is 6.72. The molecule has 1 saturated heterocycles. The first-order chi connectivity index (χ1) is 9.12. The van der Waals surface area contributed by atoms with Crippen molar-refractivity contribution in [3.8, 4) is 5.75 Å². The van der Waals surface area contributed by atoms with Crippen LogP contribution in [0.25, 0.3) is 0 Å². The minimum absolute atomic E-state index is 0.00197. The van der Waals surface area contributed by atoms with E-state index in [1.807, 2.05) is 0 Å². The number of hydrogen-bond donors (Lipinski definition) is 1. The van der Waals surface area contributed by atoms with Gasteiger partial charge >= 0.3 is 0 Å². The molecule has 3 rings (SSSR count). The molecule has 1 aromatic rings. The fraction of sp³-hybridized carbons (Fsp3) is 0.647. The lowest BCUT2D eigenvalue weighted by molar-refractivity contribution is 0.0845. The number of ether oxygens (including phenoxy) is 1. The van der Waals surface area contributed by atoms with Crippen molar-refractivity contribution in [2.45, 2.75) is 51.6 Å². The molecule has 1 N–H and O–H groups in total. The summed E-state index contributed by atoms with van der Waals surface area (Å²) >= 11 is 0. The Bertz CT molecular complexity index is 447. The summed E-state index contributed by atoms with van der Waals surface area (Å²) in [5, 5.41) is 3.50. The van der Waals surface area contributed by atoms with E-state index in [0.717, 1.165) is 24.5 Å². The molecule has 2 aliphatic rings. The first-order valence-electron chi connectivity index (χ1n) is 7.64. The third kappa shape index (κ3) is 3.11. The molecule has 2 nitrogen and oxygen atoms in total. The number of rotatable bonds is 2. The average Bonchev–Trinajstić information content (AvgIpc) is 2.38. The molecule has 1 unspecified atom stereocenters. The molecule has 0 aromatic heterocycles. The van der Waals surface area contributed by atoms with Gasteiger partial charge in [0.2, 0.25) is 0 Å². The molecular weight excluding hydrogens is 234 g/mol. The van der Waals surface area contributed by atoms with Crippen molar-refractivity contribution >= 4 is 0 Å². The lowest BCUT2D eigenvalue weighted by atomic mass is 9.89. The molecule has 2 heteroatoms. The Morgan fingerprint density at radius 2 is 2.26 bits per heavy atom. The molecule has 0 spiro atoms. The highest BCUT2D eigenvalue weighted by Gasteiger charge is 2.26. The van der Waals surface area contributed by atoms with Crippen LogP contribution < -0.4 is 10.1 Å². The van der Waals surface area contributed by atoms with E-state index < -0.39 is 0 Å². The Hall–Kier alpha value is -1.02. The van der Waals surface area contributed by atoms with Crippen LogP contribution in [0.15, 0.2) is 18.2 Å². The Labute approximate surface area is 116 Å². The van der Waals surface area contributed by atoms with E-state index in [1.54, 1.807) is 0 Å². The first-order valence-corrected chi connectivity index (χ1v) is 7.64. The van der Waals surface area contributed by atoms with Gasteiger partial charge in [0.15, 0.2) is 0 Å². The van der Waals surface area contributed by atoms with Gasteiger partial charge in [-0.1, -0.05) is 12.1 Å². The molecule has 0 saturated carbocycles. The van der Waals surface area contributed by atoms with E-state index in [1.165, 1.54) is 43.5 Å². The fourth-order valence-corrected chi connectivity index (χ4v) is 3.24. The van der Waals surface area contributed by atoms with Gasteiger partial charge in [0, 0.05) is 0 Å². The molecule has 2 aliphatic heterocycles. The SMILES string of the molecule is CC1(C)CCc2ccc(CC3CCCNC3)cc2O1. The molecule has 1 aromatic carbocycles. The van der Waals surface area contributed by atoms with Gasteiger partial charge < -0.3 is 10.1 Å². The normalized spacial score (nSPS) is 25.5. The minimum atomic E-state index is -0.00197. The summed E-state index contributed by atoms with van der Waals surface area (Å²) in [6, 6.07) is 6.86. The Kier molecular flexibility index (Phi) is 3.53. The first kappa shape index (κ1) is 13.0.